The lowest BCUT2D eigenvalue weighted by Gasteiger charge is -2.14. The smallest absolute Gasteiger partial charge is 0.338 e. The molecule has 0 saturated carbocycles. The number of methoxy groups -OCH3 is 1. The molecule has 0 bridgehead atoms. The number of fused-ring (bicyclic) bond motifs is 2. The Morgan fingerprint density at radius 1 is 1.17 bits per heavy atom. The number of ether oxygens (including phenoxy) is 2. The van der Waals surface area contributed by atoms with Crippen LogP contribution in [0.3, 0.4) is 0 Å². The Hall–Kier alpha value is -3.68. The third kappa shape index (κ3) is 3.76. The fourth-order valence-electron chi connectivity index (χ4n) is 3.41. The van der Waals surface area contributed by atoms with Crippen molar-refractivity contribution in [3.63, 3.8) is 0 Å². The Balaban J connectivity index is 1.47. The van der Waals surface area contributed by atoms with Crippen molar-refractivity contribution in [1.29, 1.82) is 0 Å². The van der Waals surface area contributed by atoms with Crippen LogP contribution in [0.5, 0.6) is 5.75 Å². The molecule has 1 aliphatic rings. The second kappa shape index (κ2) is 7.98. The molecule has 0 unspecified atom stereocenters. The van der Waals surface area contributed by atoms with Crippen LogP contribution in [0, 0.1) is 0 Å². The summed E-state index contributed by atoms with van der Waals surface area (Å²) in [5, 5.41) is 3.15. The minimum absolute atomic E-state index is 0.0975. The number of aryl methyl sites for hydroxylation is 1. The van der Waals surface area contributed by atoms with Crippen LogP contribution in [0.4, 0.5) is 5.69 Å². The number of hydrogen-bond acceptors (Lipinski definition) is 6. The highest BCUT2D eigenvalue weighted by Gasteiger charge is 2.21. The molecule has 8 heteroatoms. The zero-order valence-electron chi connectivity index (χ0n) is 16.7. The summed E-state index contributed by atoms with van der Waals surface area (Å²) >= 11 is 0. The second-order valence-corrected chi connectivity index (χ2v) is 7.09. The zero-order chi connectivity index (χ0) is 21.3. The van der Waals surface area contributed by atoms with Crippen LogP contribution in [0.2, 0.25) is 0 Å². The van der Waals surface area contributed by atoms with Crippen molar-refractivity contribution in [3.05, 3.63) is 64.2 Å². The molecule has 1 atom stereocenters. The molecule has 1 aliphatic heterocycles. The first kappa shape index (κ1) is 19.6. The number of amides is 1. The van der Waals surface area contributed by atoms with Gasteiger partial charge in [0.15, 0.2) is 6.10 Å². The van der Waals surface area contributed by atoms with Crippen LogP contribution in [-0.4, -0.2) is 34.6 Å². The molecule has 4 rings (SSSR count). The highest BCUT2D eigenvalue weighted by Crippen LogP contribution is 2.18. The summed E-state index contributed by atoms with van der Waals surface area (Å²) in [5.74, 6) is 0.285. The molecule has 3 aromatic rings. The predicted octanol–water partition coefficient (Wildman–Crippen LogP) is 2.54. The summed E-state index contributed by atoms with van der Waals surface area (Å²) in [6.07, 6.45) is 0.616. The zero-order valence-corrected chi connectivity index (χ0v) is 16.7. The monoisotopic (exact) mass is 407 g/mol. The molecular formula is C22H21N3O5. The Bertz CT molecular complexity index is 1180. The second-order valence-electron chi connectivity index (χ2n) is 7.09. The molecule has 0 fully saturated rings. The van der Waals surface area contributed by atoms with Gasteiger partial charge in [0.05, 0.1) is 23.6 Å². The quantitative estimate of drug-likeness (QED) is 0.653. The Morgan fingerprint density at radius 3 is 2.67 bits per heavy atom. The highest BCUT2D eigenvalue weighted by atomic mass is 16.5. The first-order valence-electron chi connectivity index (χ1n) is 9.65. The third-order valence-corrected chi connectivity index (χ3v) is 5.06. The van der Waals surface area contributed by atoms with E-state index in [1.54, 1.807) is 42.0 Å². The van der Waals surface area contributed by atoms with Gasteiger partial charge in [-0.05, 0) is 55.8 Å². The van der Waals surface area contributed by atoms with Crippen molar-refractivity contribution in [1.82, 2.24) is 9.55 Å². The van der Waals surface area contributed by atoms with Crippen LogP contribution < -0.4 is 15.6 Å². The minimum Gasteiger partial charge on any atom is -0.497 e. The van der Waals surface area contributed by atoms with Gasteiger partial charge in [-0.25, -0.2) is 9.78 Å². The standard InChI is InChI=1S/C22H21N3O5/c1-13(20(26)23-15-6-8-16(29-2)9-7-15)30-22(28)14-5-10-17-18(12-14)24-19-4-3-11-25(19)21(17)27/h5-10,12-13H,3-4,11H2,1-2H3,(H,23,26)/t13-/m0/s1. The van der Waals surface area contributed by atoms with E-state index in [0.717, 1.165) is 18.7 Å². The SMILES string of the molecule is COc1ccc(NC(=O)[C@H](C)OC(=O)c2ccc3c(=O)n4c(nc3c2)CCC4)cc1. The Labute approximate surface area is 172 Å². The molecular weight excluding hydrogens is 386 g/mol. The molecule has 1 N–H and O–H groups in total. The van der Waals surface area contributed by atoms with Gasteiger partial charge in [0.2, 0.25) is 0 Å². The Kier molecular flexibility index (Phi) is 5.22. The number of rotatable bonds is 5. The van der Waals surface area contributed by atoms with E-state index in [2.05, 4.69) is 10.3 Å². The van der Waals surface area contributed by atoms with Gasteiger partial charge < -0.3 is 14.8 Å². The number of esters is 1. The first-order valence-corrected chi connectivity index (χ1v) is 9.65. The number of nitrogens with zero attached hydrogens (tertiary/aromatic N) is 2. The lowest BCUT2D eigenvalue weighted by atomic mass is 10.1. The normalized spacial score (nSPS) is 13.5. The van der Waals surface area contributed by atoms with Crippen LogP contribution in [0.25, 0.3) is 10.9 Å². The summed E-state index contributed by atoms with van der Waals surface area (Å²) in [6.45, 7) is 2.16. The van der Waals surface area contributed by atoms with Crippen molar-refractivity contribution in [2.45, 2.75) is 32.4 Å². The van der Waals surface area contributed by atoms with Gasteiger partial charge in [0.25, 0.3) is 11.5 Å². The molecule has 1 aromatic heterocycles. The summed E-state index contributed by atoms with van der Waals surface area (Å²) in [6, 6.07) is 11.4. The maximum atomic E-state index is 12.5. The van der Waals surface area contributed by atoms with Crippen LogP contribution in [-0.2, 0) is 22.5 Å². The summed E-state index contributed by atoms with van der Waals surface area (Å²) < 4.78 is 12.1. The summed E-state index contributed by atoms with van der Waals surface area (Å²) in [7, 11) is 1.56. The van der Waals surface area contributed by atoms with Crippen molar-refractivity contribution in [2.75, 3.05) is 12.4 Å². The highest BCUT2D eigenvalue weighted by molar-refractivity contribution is 5.98. The van der Waals surface area contributed by atoms with Crippen LogP contribution in [0.15, 0.2) is 47.3 Å². The predicted molar refractivity (Wildman–Crippen MR) is 111 cm³/mol. The average Bonchev–Trinajstić information content (AvgIpc) is 3.22. The largest absolute Gasteiger partial charge is 0.497 e. The van der Waals surface area contributed by atoms with Crippen LogP contribution in [0.1, 0.15) is 29.5 Å². The van der Waals surface area contributed by atoms with E-state index in [1.165, 1.54) is 19.1 Å². The average molecular weight is 407 g/mol. The van der Waals surface area contributed by atoms with Gasteiger partial charge in [0.1, 0.15) is 11.6 Å². The topological polar surface area (TPSA) is 99.5 Å². The van der Waals surface area contributed by atoms with E-state index < -0.39 is 18.0 Å². The van der Waals surface area contributed by atoms with Gasteiger partial charge in [0, 0.05) is 18.7 Å². The fourth-order valence-corrected chi connectivity index (χ4v) is 3.41. The number of carbonyl (C=O) groups excluding carboxylic acids is 2. The molecule has 2 aromatic carbocycles. The molecule has 154 valence electrons. The molecule has 1 amide bonds. The van der Waals surface area contributed by atoms with Crippen molar-refractivity contribution >= 4 is 28.5 Å². The van der Waals surface area contributed by atoms with Crippen molar-refractivity contribution < 1.29 is 19.1 Å². The van der Waals surface area contributed by atoms with Gasteiger partial charge in [-0.1, -0.05) is 0 Å². The van der Waals surface area contributed by atoms with Crippen molar-refractivity contribution in [3.8, 4) is 5.75 Å². The number of carbonyl (C=O) groups is 2. The lowest BCUT2D eigenvalue weighted by molar-refractivity contribution is -0.123. The lowest BCUT2D eigenvalue weighted by Crippen LogP contribution is -2.30. The van der Waals surface area contributed by atoms with E-state index in [1.807, 2.05) is 0 Å². The van der Waals surface area contributed by atoms with E-state index in [4.69, 9.17) is 9.47 Å². The molecule has 30 heavy (non-hydrogen) atoms. The minimum atomic E-state index is -1.01. The summed E-state index contributed by atoms with van der Waals surface area (Å²) in [5.41, 5.74) is 1.16. The molecule has 2 heterocycles. The number of benzene rings is 2. The molecule has 0 saturated heterocycles. The third-order valence-electron chi connectivity index (χ3n) is 5.06. The van der Waals surface area contributed by atoms with E-state index in [9.17, 15) is 14.4 Å². The van der Waals surface area contributed by atoms with Gasteiger partial charge >= 0.3 is 5.97 Å². The van der Waals surface area contributed by atoms with Gasteiger partial charge in [-0.15, -0.1) is 0 Å². The van der Waals surface area contributed by atoms with Crippen LogP contribution >= 0.6 is 0 Å². The number of anilines is 1. The Morgan fingerprint density at radius 2 is 1.93 bits per heavy atom. The number of hydrogen-bond donors (Lipinski definition) is 1. The van der Waals surface area contributed by atoms with Crippen molar-refractivity contribution in [2.24, 2.45) is 0 Å². The van der Waals surface area contributed by atoms with E-state index in [0.29, 0.717) is 28.9 Å². The van der Waals surface area contributed by atoms with E-state index in [-0.39, 0.29) is 11.1 Å². The molecule has 0 aliphatic carbocycles. The van der Waals surface area contributed by atoms with Gasteiger partial charge in [-0.3, -0.25) is 14.2 Å². The first-order chi connectivity index (χ1) is 14.5. The molecule has 8 nitrogen and oxygen atoms in total. The summed E-state index contributed by atoms with van der Waals surface area (Å²) in [4.78, 5) is 41.9. The maximum Gasteiger partial charge on any atom is 0.338 e. The maximum absolute atomic E-state index is 12.5. The van der Waals surface area contributed by atoms with Gasteiger partial charge in [-0.2, -0.15) is 0 Å². The molecule has 0 radical (unpaired) electrons. The van der Waals surface area contributed by atoms with E-state index >= 15 is 0 Å². The number of nitrogens with one attached hydrogen (secondary N) is 1. The number of aromatic nitrogens is 2. The fraction of sp³-hybridized carbons (Fsp3) is 0.273. The molecule has 0 spiro atoms.